The molecule has 0 radical (unpaired) electrons. The molecule has 1 aliphatic rings. The van der Waals surface area contributed by atoms with E-state index < -0.39 is 5.91 Å². The highest BCUT2D eigenvalue weighted by Gasteiger charge is 2.33. The summed E-state index contributed by atoms with van der Waals surface area (Å²) in [6.07, 6.45) is 5.36. The summed E-state index contributed by atoms with van der Waals surface area (Å²) in [5, 5.41) is 1.09. The number of benzene rings is 2. The summed E-state index contributed by atoms with van der Waals surface area (Å²) in [7, 11) is 1.55. The third-order valence-corrected chi connectivity index (χ3v) is 5.02. The van der Waals surface area contributed by atoms with Crippen molar-refractivity contribution in [2.45, 2.75) is 0 Å². The summed E-state index contributed by atoms with van der Waals surface area (Å²) in [6, 6.07) is 16.3. The van der Waals surface area contributed by atoms with E-state index in [-0.39, 0.29) is 10.2 Å². The summed E-state index contributed by atoms with van der Waals surface area (Å²) < 4.78 is 5.34. The zero-order chi connectivity index (χ0) is 19.2. The van der Waals surface area contributed by atoms with Crippen LogP contribution in [0.1, 0.15) is 15.9 Å². The normalized spacial score (nSPS) is 15.6. The Morgan fingerprint density at radius 1 is 1.15 bits per heavy atom. The molecule has 3 rings (SSSR count). The Labute approximate surface area is 166 Å². The summed E-state index contributed by atoms with van der Waals surface area (Å²) in [5.41, 5.74) is 3.97. The number of rotatable bonds is 5. The minimum Gasteiger partial charge on any atom is -0.497 e. The predicted octanol–water partition coefficient (Wildman–Crippen LogP) is 3.80. The molecule has 0 aromatic heterocycles. The lowest BCUT2D eigenvalue weighted by molar-refractivity contribution is -0.123. The van der Waals surface area contributed by atoms with Crippen molar-refractivity contribution in [1.29, 1.82) is 0 Å². The second-order valence-electron chi connectivity index (χ2n) is 5.48. The van der Waals surface area contributed by atoms with Gasteiger partial charge < -0.3 is 4.74 Å². The average Bonchev–Trinajstić information content (AvgIpc) is 2.96. The molecule has 1 heterocycles. The zero-order valence-electron chi connectivity index (χ0n) is 14.4. The number of carbonyl (C=O) groups is 2. The van der Waals surface area contributed by atoms with Crippen LogP contribution < -0.4 is 10.2 Å². The highest BCUT2D eigenvalue weighted by atomic mass is 32.2. The number of carbonyl (C=O) groups excluding carboxylic acids is 2. The van der Waals surface area contributed by atoms with Crippen LogP contribution >= 0.6 is 24.0 Å². The Balaban J connectivity index is 1.67. The Morgan fingerprint density at radius 3 is 2.52 bits per heavy atom. The topological polar surface area (TPSA) is 58.6 Å². The molecule has 0 aliphatic carbocycles. The fraction of sp³-hybridized carbons (Fsp3) is 0.0500. The standard InChI is InChI=1S/C20H16N2O3S2/c1-25-16-12-10-15(11-13-16)18(23)21-22-19(24)17(27-20(22)26)9-5-8-14-6-3-2-4-7-14/h2-13H,1H3,(H,21,23)/b8-5-,17-9-. The van der Waals surface area contributed by atoms with E-state index in [1.54, 1.807) is 43.5 Å². The molecule has 1 aliphatic heterocycles. The first-order chi connectivity index (χ1) is 13.1. The highest BCUT2D eigenvalue weighted by Crippen LogP contribution is 2.29. The van der Waals surface area contributed by atoms with E-state index in [2.05, 4.69) is 5.43 Å². The molecule has 0 saturated carbocycles. The molecule has 2 amide bonds. The van der Waals surface area contributed by atoms with Gasteiger partial charge in [0.15, 0.2) is 4.32 Å². The molecule has 27 heavy (non-hydrogen) atoms. The summed E-state index contributed by atoms with van der Waals surface area (Å²) in [6.45, 7) is 0. The lowest BCUT2D eigenvalue weighted by Gasteiger charge is -2.15. The molecule has 2 aromatic rings. The molecule has 1 fully saturated rings. The first-order valence-electron chi connectivity index (χ1n) is 8.03. The van der Waals surface area contributed by atoms with E-state index in [0.717, 1.165) is 22.3 Å². The maximum Gasteiger partial charge on any atom is 0.285 e. The van der Waals surface area contributed by atoms with Gasteiger partial charge in [-0.2, -0.15) is 5.01 Å². The highest BCUT2D eigenvalue weighted by molar-refractivity contribution is 8.26. The number of amides is 2. The fourth-order valence-corrected chi connectivity index (χ4v) is 3.43. The number of hydrogen-bond donors (Lipinski definition) is 1. The Hall–Kier alpha value is -2.90. The van der Waals surface area contributed by atoms with Gasteiger partial charge in [-0.25, -0.2) is 0 Å². The maximum atomic E-state index is 12.5. The van der Waals surface area contributed by atoms with Crippen LogP contribution in [0.5, 0.6) is 5.75 Å². The van der Waals surface area contributed by atoms with Gasteiger partial charge in [-0.1, -0.05) is 54.2 Å². The van der Waals surface area contributed by atoms with Crippen LogP contribution in [-0.2, 0) is 4.79 Å². The van der Waals surface area contributed by atoms with Crippen LogP contribution in [-0.4, -0.2) is 28.3 Å². The van der Waals surface area contributed by atoms with Crippen molar-refractivity contribution >= 4 is 46.2 Å². The van der Waals surface area contributed by atoms with E-state index in [0.29, 0.717) is 16.2 Å². The number of nitrogens with one attached hydrogen (secondary N) is 1. The van der Waals surface area contributed by atoms with E-state index in [1.807, 2.05) is 36.4 Å². The number of nitrogens with zero attached hydrogens (tertiary/aromatic N) is 1. The molecule has 0 unspecified atom stereocenters. The zero-order valence-corrected chi connectivity index (χ0v) is 16.0. The molecule has 7 heteroatoms. The number of ether oxygens (including phenoxy) is 1. The minimum absolute atomic E-state index is 0.279. The predicted molar refractivity (Wildman–Crippen MR) is 111 cm³/mol. The monoisotopic (exact) mass is 396 g/mol. The molecule has 2 aromatic carbocycles. The fourth-order valence-electron chi connectivity index (χ4n) is 2.30. The molecule has 0 bridgehead atoms. The van der Waals surface area contributed by atoms with Crippen molar-refractivity contribution < 1.29 is 14.3 Å². The van der Waals surface area contributed by atoms with Crippen LogP contribution in [0.4, 0.5) is 0 Å². The van der Waals surface area contributed by atoms with Crippen LogP contribution in [0, 0.1) is 0 Å². The molecule has 1 saturated heterocycles. The Bertz CT molecular complexity index is 922. The van der Waals surface area contributed by atoms with Gasteiger partial charge in [-0.05, 0) is 48.1 Å². The summed E-state index contributed by atoms with van der Waals surface area (Å²) in [4.78, 5) is 25.3. The average molecular weight is 396 g/mol. The molecule has 0 spiro atoms. The number of thiocarbonyl (C=S) groups is 1. The number of hydrazine groups is 1. The van der Waals surface area contributed by atoms with Crippen molar-refractivity contribution in [3.8, 4) is 5.75 Å². The second-order valence-corrected chi connectivity index (χ2v) is 7.15. The molecule has 136 valence electrons. The van der Waals surface area contributed by atoms with Gasteiger partial charge in [-0.3, -0.25) is 15.0 Å². The van der Waals surface area contributed by atoms with Crippen molar-refractivity contribution in [3.05, 3.63) is 82.8 Å². The summed E-state index contributed by atoms with van der Waals surface area (Å²) in [5.74, 6) is -0.134. The van der Waals surface area contributed by atoms with Gasteiger partial charge >= 0.3 is 0 Å². The first kappa shape index (κ1) is 18.9. The summed E-state index contributed by atoms with van der Waals surface area (Å²) >= 11 is 6.36. The molecular formula is C20H16N2O3S2. The molecule has 1 N–H and O–H groups in total. The van der Waals surface area contributed by atoms with Crippen molar-refractivity contribution in [2.75, 3.05) is 7.11 Å². The SMILES string of the molecule is COc1ccc(C(=O)NN2C(=O)/C(=C/C=C\c3ccccc3)SC2=S)cc1. The Kier molecular flexibility index (Phi) is 6.05. The lowest BCUT2D eigenvalue weighted by atomic mass is 10.2. The van der Waals surface area contributed by atoms with Gasteiger partial charge in [0.1, 0.15) is 5.75 Å². The van der Waals surface area contributed by atoms with Gasteiger partial charge in [0.25, 0.3) is 11.8 Å². The maximum absolute atomic E-state index is 12.5. The van der Waals surface area contributed by atoms with E-state index in [1.165, 1.54) is 0 Å². The quantitative estimate of drug-likeness (QED) is 0.615. The molecule has 0 atom stereocenters. The van der Waals surface area contributed by atoms with Gasteiger partial charge in [0.05, 0.1) is 12.0 Å². The van der Waals surface area contributed by atoms with Crippen LogP contribution in [0.2, 0.25) is 0 Å². The largest absolute Gasteiger partial charge is 0.497 e. The number of thioether (sulfide) groups is 1. The van der Waals surface area contributed by atoms with Crippen molar-refractivity contribution in [3.63, 3.8) is 0 Å². The lowest BCUT2D eigenvalue weighted by Crippen LogP contribution is -2.44. The van der Waals surface area contributed by atoms with Crippen molar-refractivity contribution in [2.24, 2.45) is 0 Å². The minimum atomic E-state index is -0.421. The smallest absolute Gasteiger partial charge is 0.285 e. The van der Waals surface area contributed by atoms with E-state index >= 15 is 0 Å². The van der Waals surface area contributed by atoms with Gasteiger partial charge in [0.2, 0.25) is 0 Å². The number of hydrogen-bond acceptors (Lipinski definition) is 5. The van der Waals surface area contributed by atoms with Crippen LogP contribution in [0.3, 0.4) is 0 Å². The molecular weight excluding hydrogens is 380 g/mol. The first-order valence-corrected chi connectivity index (χ1v) is 9.25. The van der Waals surface area contributed by atoms with E-state index in [9.17, 15) is 9.59 Å². The van der Waals surface area contributed by atoms with Crippen LogP contribution in [0.15, 0.2) is 71.7 Å². The second kappa shape index (κ2) is 8.66. The number of allylic oxidation sites excluding steroid dienone is 2. The molecule has 5 nitrogen and oxygen atoms in total. The van der Waals surface area contributed by atoms with Crippen LogP contribution in [0.25, 0.3) is 6.08 Å². The van der Waals surface area contributed by atoms with E-state index in [4.69, 9.17) is 17.0 Å². The number of methoxy groups -OCH3 is 1. The van der Waals surface area contributed by atoms with Gasteiger partial charge in [0, 0.05) is 5.56 Å². The Morgan fingerprint density at radius 2 is 1.85 bits per heavy atom. The van der Waals surface area contributed by atoms with Gasteiger partial charge in [-0.15, -0.1) is 0 Å². The van der Waals surface area contributed by atoms with Crippen molar-refractivity contribution in [1.82, 2.24) is 10.4 Å². The third-order valence-electron chi connectivity index (χ3n) is 3.70. The third kappa shape index (κ3) is 4.64.